The number of nitriles is 1. The van der Waals surface area contributed by atoms with Gasteiger partial charge in [0.15, 0.2) is 0 Å². The number of anilines is 1. The molecular formula is C35H36F3N7S. The predicted molar refractivity (Wildman–Crippen MR) is 174 cm³/mol. The van der Waals surface area contributed by atoms with Crippen LogP contribution in [0.2, 0.25) is 0 Å². The van der Waals surface area contributed by atoms with Crippen LogP contribution in [0.1, 0.15) is 60.2 Å². The maximum Gasteiger partial charge on any atom is 0.393 e. The Hall–Kier alpha value is -3.88. The first kappa shape index (κ1) is 29.5. The number of aromatic nitrogens is 3. The molecule has 7 nitrogen and oxygen atoms in total. The molecule has 2 bridgehead atoms. The molecule has 0 radical (unpaired) electrons. The van der Waals surface area contributed by atoms with Gasteiger partial charge in [0.25, 0.3) is 0 Å². The number of piperidine rings is 1. The molecule has 1 aliphatic heterocycles. The van der Waals surface area contributed by atoms with Crippen molar-refractivity contribution in [1.82, 2.24) is 24.8 Å². The van der Waals surface area contributed by atoms with Gasteiger partial charge in [-0.1, -0.05) is 18.2 Å². The molecule has 0 atom stereocenters. The van der Waals surface area contributed by atoms with Gasteiger partial charge in [-0.25, -0.2) is 9.97 Å². The largest absolute Gasteiger partial charge is 0.393 e. The Bertz CT molecular complexity index is 1920. The maximum absolute atomic E-state index is 12.9. The third kappa shape index (κ3) is 5.35. The molecule has 1 saturated heterocycles. The van der Waals surface area contributed by atoms with Gasteiger partial charge in [0.1, 0.15) is 28.7 Å². The molecule has 9 rings (SSSR count). The van der Waals surface area contributed by atoms with Crippen molar-refractivity contribution < 1.29 is 13.2 Å². The zero-order valence-corrected chi connectivity index (χ0v) is 26.6. The van der Waals surface area contributed by atoms with Gasteiger partial charge >= 0.3 is 6.18 Å². The normalized spacial score (nSPS) is 24.5. The number of thiophene rings is 1. The molecule has 4 heterocycles. The quantitative estimate of drug-likeness (QED) is 0.198. The fourth-order valence-corrected chi connectivity index (χ4v) is 9.45. The average molecular weight is 644 g/mol. The topological polar surface area (TPSA) is 81.8 Å². The number of nitrogens with zero attached hydrogens (tertiary/aromatic N) is 5. The second-order valence-corrected chi connectivity index (χ2v) is 15.0. The number of fused-ring (bicyclic) bond motifs is 2. The molecule has 3 aromatic heterocycles. The van der Waals surface area contributed by atoms with Crippen LogP contribution in [0.15, 0.2) is 54.5 Å². The molecule has 4 aliphatic carbocycles. The number of nitrogens with one attached hydrogen (secondary N) is 2. The molecule has 5 aliphatic rings. The van der Waals surface area contributed by atoms with Crippen molar-refractivity contribution in [3.05, 3.63) is 76.2 Å². The van der Waals surface area contributed by atoms with Crippen LogP contribution in [0.25, 0.3) is 21.1 Å². The van der Waals surface area contributed by atoms with E-state index in [9.17, 15) is 18.4 Å². The highest BCUT2D eigenvalue weighted by Gasteiger charge is 2.68. The molecule has 4 aromatic rings. The van der Waals surface area contributed by atoms with Gasteiger partial charge in [0, 0.05) is 59.2 Å². The van der Waals surface area contributed by atoms with E-state index in [4.69, 9.17) is 0 Å². The van der Waals surface area contributed by atoms with Crippen molar-refractivity contribution in [1.29, 1.82) is 5.26 Å². The minimum Gasteiger partial charge on any atom is -0.380 e. The second-order valence-electron chi connectivity index (χ2n) is 13.9. The van der Waals surface area contributed by atoms with E-state index in [1.165, 1.54) is 28.5 Å². The van der Waals surface area contributed by atoms with E-state index in [2.05, 4.69) is 79.5 Å². The number of rotatable bonds is 9. The number of hydrogen-bond donors (Lipinski definition) is 2. The summed E-state index contributed by atoms with van der Waals surface area (Å²) in [4.78, 5) is 11.9. The molecule has 2 N–H and O–H groups in total. The molecule has 3 saturated carbocycles. The third-order valence-electron chi connectivity index (χ3n) is 10.5. The van der Waals surface area contributed by atoms with Crippen LogP contribution in [0, 0.1) is 23.7 Å². The summed E-state index contributed by atoms with van der Waals surface area (Å²) >= 11 is 1.08. The predicted octanol–water partition coefficient (Wildman–Crippen LogP) is 7.36. The molecule has 11 heteroatoms. The van der Waals surface area contributed by atoms with Crippen molar-refractivity contribution in [3.63, 3.8) is 0 Å². The lowest BCUT2D eigenvalue weighted by Gasteiger charge is -2.71. The Morgan fingerprint density at radius 3 is 2.63 bits per heavy atom. The lowest BCUT2D eigenvalue weighted by molar-refractivity contribution is -0.158. The molecule has 0 unspecified atom stereocenters. The summed E-state index contributed by atoms with van der Waals surface area (Å²) in [6.07, 6.45) is 9.17. The van der Waals surface area contributed by atoms with Crippen LogP contribution < -0.4 is 10.6 Å². The number of alkyl halides is 3. The Morgan fingerprint density at radius 1 is 1.11 bits per heavy atom. The van der Waals surface area contributed by atoms with E-state index in [1.54, 1.807) is 6.07 Å². The van der Waals surface area contributed by atoms with E-state index in [-0.39, 0.29) is 21.9 Å². The second kappa shape index (κ2) is 10.8. The number of hydrogen-bond acceptors (Lipinski definition) is 7. The molecule has 4 fully saturated rings. The Balaban J connectivity index is 0.906. The first-order valence-electron chi connectivity index (χ1n) is 16.1. The number of halogens is 3. The fraction of sp³-hybridized carbons (Fsp3) is 0.457. The van der Waals surface area contributed by atoms with Crippen molar-refractivity contribution in [2.24, 2.45) is 5.41 Å². The highest BCUT2D eigenvalue weighted by Crippen LogP contribution is 2.68. The SMILES string of the molecule is Cc1c(CN2CCC(Nc3ncnc4sc(CC(F)(F)F)cc34)CC2)ccc2c1cc(C#N)n2CC12CC(NC3=CCC=C3)(C1)C2. The Kier molecular flexibility index (Phi) is 6.96. The summed E-state index contributed by atoms with van der Waals surface area (Å²) < 4.78 is 41.1. The Morgan fingerprint density at radius 2 is 1.91 bits per heavy atom. The summed E-state index contributed by atoms with van der Waals surface area (Å²) in [7, 11) is 0. The minimum atomic E-state index is -4.25. The molecule has 0 spiro atoms. The number of allylic oxidation sites excluding steroid dienone is 3. The number of likely N-dealkylation sites (tertiary alicyclic amines) is 1. The van der Waals surface area contributed by atoms with Gasteiger partial charge in [0.2, 0.25) is 0 Å². The molecule has 1 aromatic carbocycles. The highest BCUT2D eigenvalue weighted by molar-refractivity contribution is 7.18. The van der Waals surface area contributed by atoms with Crippen molar-refractivity contribution in [2.45, 2.75) is 82.7 Å². The fourth-order valence-electron chi connectivity index (χ4n) is 8.42. The van der Waals surface area contributed by atoms with Gasteiger partial charge in [-0.3, -0.25) is 4.90 Å². The summed E-state index contributed by atoms with van der Waals surface area (Å²) in [5.74, 6) is 0.612. The van der Waals surface area contributed by atoms with Crippen molar-refractivity contribution >= 4 is 38.3 Å². The summed E-state index contributed by atoms with van der Waals surface area (Å²) in [6.45, 7) is 5.72. The van der Waals surface area contributed by atoms with Crippen LogP contribution in [0.3, 0.4) is 0 Å². The van der Waals surface area contributed by atoms with Gasteiger partial charge in [0.05, 0.1) is 11.8 Å². The smallest absolute Gasteiger partial charge is 0.380 e. The van der Waals surface area contributed by atoms with Crippen LogP contribution in [0.4, 0.5) is 19.0 Å². The highest BCUT2D eigenvalue weighted by atomic mass is 32.1. The molecular weight excluding hydrogens is 607 g/mol. The molecule has 238 valence electrons. The summed E-state index contributed by atoms with van der Waals surface area (Å²) in [5, 5.41) is 19.1. The van der Waals surface area contributed by atoms with Crippen LogP contribution in [-0.2, 0) is 19.5 Å². The molecule has 46 heavy (non-hydrogen) atoms. The van der Waals surface area contributed by atoms with Crippen molar-refractivity contribution in [3.8, 4) is 6.07 Å². The monoisotopic (exact) mass is 643 g/mol. The number of aryl methyl sites for hydroxylation is 1. The lowest BCUT2D eigenvalue weighted by Crippen LogP contribution is -2.74. The zero-order chi connectivity index (χ0) is 31.7. The first-order chi connectivity index (χ1) is 22.1. The summed E-state index contributed by atoms with van der Waals surface area (Å²) in [6, 6.07) is 10.7. The van der Waals surface area contributed by atoms with E-state index in [0.717, 1.165) is 87.3 Å². The van der Waals surface area contributed by atoms with Crippen LogP contribution in [-0.4, -0.2) is 50.3 Å². The Labute approximate surface area is 269 Å². The maximum atomic E-state index is 12.9. The van der Waals surface area contributed by atoms with Gasteiger partial charge in [-0.15, -0.1) is 11.3 Å². The van der Waals surface area contributed by atoms with Gasteiger partial charge in [-0.2, -0.15) is 18.4 Å². The zero-order valence-electron chi connectivity index (χ0n) is 25.8. The van der Waals surface area contributed by atoms with Crippen LogP contribution in [0.5, 0.6) is 0 Å². The summed E-state index contributed by atoms with van der Waals surface area (Å²) in [5.41, 5.74) is 6.19. The van der Waals surface area contributed by atoms with Gasteiger partial charge < -0.3 is 15.2 Å². The molecule has 0 amide bonds. The van der Waals surface area contributed by atoms with E-state index in [1.807, 2.05) is 0 Å². The number of benzene rings is 1. The van der Waals surface area contributed by atoms with E-state index in [0.29, 0.717) is 16.0 Å². The van der Waals surface area contributed by atoms with Gasteiger partial charge in [-0.05, 0) is 86.3 Å². The van der Waals surface area contributed by atoms with Crippen LogP contribution >= 0.6 is 11.3 Å². The lowest BCUT2D eigenvalue weighted by atomic mass is 9.39. The average Bonchev–Trinajstić information content (AvgIpc) is 3.72. The first-order valence-corrected chi connectivity index (χ1v) is 16.9. The third-order valence-corrected chi connectivity index (χ3v) is 11.5. The van der Waals surface area contributed by atoms with E-state index >= 15 is 0 Å². The minimum absolute atomic E-state index is 0.189. The standard InChI is InChI=1S/C35H36F3N7S/c1-22-23(16-44-10-8-24(9-11-44)42-31-29-13-27(14-35(36,37)38)46-32(29)41-21-40-31)6-7-30-28(22)12-26(15-39)45(30)20-33-17-34(18-33,19-33)43-25-4-2-3-5-25/h2,4-7,12-13,21,24,43H,3,8-11,14,16-20H2,1H3,(H,40,41,42). The van der Waals surface area contributed by atoms with Crippen molar-refractivity contribution in [2.75, 3.05) is 18.4 Å². The van der Waals surface area contributed by atoms with E-state index < -0.39 is 12.6 Å².